The maximum absolute atomic E-state index is 13.4. The number of halogens is 1. The first-order valence-corrected chi connectivity index (χ1v) is 5.50. The molecule has 6 heteroatoms. The highest BCUT2D eigenvalue weighted by atomic mass is 19.1. The second-order valence-corrected chi connectivity index (χ2v) is 3.81. The molecule has 0 saturated carbocycles. The Kier molecular flexibility index (Phi) is 7.95. The summed E-state index contributed by atoms with van der Waals surface area (Å²) in [5.41, 5.74) is 6.64. The first-order valence-electron chi connectivity index (χ1n) is 5.50. The molecule has 1 aromatic rings. The van der Waals surface area contributed by atoms with Crippen LogP contribution in [0.5, 0.6) is 0 Å². The maximum atomic E-state index is 13.4. The molecule has 0 aliphatic rings. The molecule has 0 spiro atoms. The molecular weight excluding hydrogens is 251 g/mol. The molecule has 0 radical (unpaired) electrons. The van der Waals surface area contributed by atoms with E-state index in [1.165, 1.54) is 6.07 Å². The van der Waals surface area contributed by atoms with Gasteiger partial charge in [0.1, 0.15) is 12.4 Å². The summed E-state index contributed by atoms with van der Waals surface area (Å²) in [5.74, 6) is 0.252. The number of benzene rings is 1. The van der Waals surface area contributed by atoms with Gasteiger partial charge in [-0.05, 0) is 18.2 Å². The normalized spacial score (nSPS) is 9.05. The molecule has 1 rings (SSSR count). The molecule has 0 fully saturated rings. The van der Waals surface area contributed by atoms with Gasteiger partial charge in [0, 0.05) is 26.2 Å². The molecule has 0 aromatic heterocycles. The lowest BCUT2D eigenvalue weighted by molar-refractivity contribution is -0.122. The van der Waals surface area contributed by atoms with Crippen molar-refractivity contribution in [3.8, 4) is 0 Å². The van der Waals surface area contributed by atoms with Crippen LogP contribution in [0, 0.1) is 5.82 Å². The van der Waals surface area contributed by atoms with Crippen LogP contribution in [0.2, 0.25) is 0 Å². The van der Waals surface area contributed by atoms with E-state index in [2.05, 4.69) is 6.58 Å². The van der Waals surface area contributed by atoms with Crippen molar-refractivity contribution in [3.05, 3.63) is 47.6 Å². The molecule has 1 aromatic carbocycles. The number of nitrogens with zero attached hydrogens (tertiary/aromatic N) is 1. The lowest BCUT2D eigenvalue weighted by Gasteiger charge is -2.16. The SMILES string of the molecule is C=C(OCc1ccc(CN)c(F)c1)N(C)C.O=CO. The van der Waals surface area contributed by atoms with E-state index >= 15 is 0 Å². The lowest BCUT2D eigenvalue weighted by Crippen LogP contribution is -2.12. The molecule has 5 nitrogen and oxygen atoms in total. The smallest absolute Gasteiger partial charge is 0.290 e. The van der Waals surface area contributed by atoms with E-state index in [0.29, 0.717) is 18.1 Å². The van der Waals surface area contributed by atoms with Crippen molar-refractivity contribution in [2.75, 3.05) is 14.1 Å². The van der Waals surface area contributed by atoms with Crippen molar-refractivity contribution >= 4 is 6.47 Å². The summed E-state index contributed by atoms with van der Waals surface area (Å²) >= 11 is 0. The zero-order valence-corrected chi connectivity index (χ0v) is 11.1. The number of nitrogens with two attached hydrogens (primary N) is 1. The summed E-state index contributed by atoms with van der Waals surface area (Å²) in [6, 6.07) is 4.91. The van der Waals surface area contributed by atoms with Crippen molar-refractivity contribution in [2.45, 2.75) is 13.2 Å². The number of hydrogen-bond donors (Lipinski definition) is 2. The third kappa shape index (κ3) is 6.42. The monoisotopic (exact) mass is 270 g/mol. The van der Waals surface area contributed by atoms with E-state index in [1.54, 1.807) is 17.0 Å². The van der Waals surface area contributed by atoms with Crippen molar-refractivity contribution in [2.24, 2.45) is 5.73 Å². The molecule has 0 heterocycles. The fourth-order valence-electron chi connectivity index (χ4n) is 1.14. The number of hydrogen-bond acceptors (Lipinski definition) is 4. The summed E-state index contributed by atoms with van der Waals surface area (Å²) in [6.07, 6.45) is 0. The predicted octanol–water partition coefficient (Wildman–Crippen LogP) is 1.53. The highest BCUT2D eigenvalue weighted by molar-refractivity contribution is 5.32. The van der Waals surface area contributed by atoms with Crippen molar-refractivity contribution in [1.29, 1.82) is 0 Å². The van der Waals surface area contributed by atoms with Gasteiger partial charge in [-0.15, -0.1) is 0 Å². The van der Waals surface area contributed by atoms with Gasteiger partial charge in [-0.1, -0.05) is 12.1 Å². The van der Waals surface area contributed by atoms with E-state index in [9.17, 15) is 4.39 Å². The number of ether oxygens (including phenoxy) is 1. The minimum atomic E-state index is -0.293. The Labute approximate surface area is 112 Å². The molecule has 0 saturated heterocycles. The molecule has 0 unspecified atom stereocenters. The highest BCUT2D eigenvalue weighted by Gasteiger charge is 2.03. The maximum Gasteiger partial charge on any atom is 0.290 e. The number of carbonyl (C=O) groups is 1. The highest BCUT2D eigenvalue weighted by Crippen LogP contribution is 2.12. The van der Waals surface area contributed by atoms with Crippen LogP contribution in [0.25, 0.3) is 0 Å². The molecule has 0 aliphatic carbocycles. The predicted molar refractivity (Wildman–Crippen MR) is 70.6 cm³/mol. The molecular formula is C13H19FN2O3. The standard InChI is InChI=1S/C12H17FN2O.CH2O2/c1-9(15(2)3)16-8-10-4-5-11(7-14)12(13)6-10;2-1-3/h4-6H,1,7-8,14H2,2-3H3;1H,(H,2,3). The Balaban J connectivity index is 0.000000982. The Hall–Kier alpha value is -2.08. The Bertz CT molecular complexity index is 422. The van der Waals surface area contributed by atoms with Gasteiger partial charge in [0.05, 0.1) is 0 Å². The first kappa shape index (κ1) is 16.9. The van der Waals surface area contributed by atoms with Crippen LogP contribution in [0.1, 0.15) is 11.1 Å². The molecule has 0 amide bonds. The molecule has 19 heavy (non-hydrogen) atoms. The van der Waals surface area contributed by atoms with Gasteiger partial charge in [-0.2, -0.15) is 0 Å². The fourth-order valence-corrected chi connectivity index (χ4v) is 1.14. The van der Waals surface area contributed by atoms with Gasteiger partial charge >= 0.3 is 0 Å². The van der Waals surface area contributed by atoms with Gasteiger partial charge in [-0.3, -0.25) is 4.79 Å². The second kappa shape index (κ2) is 8.93. The lowest BCUT2D eigenvalue weighted by atomic mass is 10.1. The Morgan fingerprint density at radius 1 is 1.58 bits per heavy atom. The first-order chi connectivity index (χ1) is 8.96. The van der Waals surface area contributed by atoms with Gasteiger partial charge < -0.3 is 20.5 Å². The van der Waals surface area contributed by atoms with Crippen LogP contribution in [0.15, 0.2) is 30.7 Å². The van der Waals surface area contributed by atoms with Crippen molar-refractivity contribution in [1.82, 2.24) is 4.90 Å². The van der Waals surface area contributed by atoms with E-state index in [4.69, 9.17) is 20.4 Å². The minimum Gasteiger partial charge on any atom is -0.483 e. The van der Waals surface area contributed by atoms with Crippen LogP contribution in [0.3, 0.4) is 0 Å². The number of rotatable bonds is 5. The van der Waals surface area contributed by atoms with Crippen molar-refractivity contribution < 1.29 is 19.0 Å². The molecule has 3 N–H and O–H groups in total. The third-order valence-electron chi connectivity index (χ3n) is 2.24. The van der Waals surface area contributed by atoms with Crippen LogP contribution >= 0.6 is 0 Å². The summed E-state index contributed by atoms with van der Waals surface area (Å²) in [5, 5.41) is 6.89. The average molecular weight is 270 g/mol. The molecule has 0 aliphatic heterocycles. The van der Waals surface area contributed by atoms with Gasteiger partial charge in [0.15, 0.2) is 5.88 Å². The summed E-state index contributed by atoms with van der Waals surface area (Å²) in [7, 11) is 3.67. The topological polar surface area (TPSA) is 75.8 Å². The van der Waals surface area contributed by atoms with E-state index in [-0.39, 0.29) is 18.8 Å². The van der Waals surface area contributed by atoms with Crippen LogP contribution < -0.4 is 5.73 Å². The summed E-state index contributed by atoms with van der Waals surface area (Å²) in [4.78, 5) is 10.1. The number of carboxylic acid groups (broad SMARTS) is 1. The summed E-state index contributed by atoms with van der Waals surface area (Å²) < 4.78 is 18.7. The summed E-state index contributed by atoms with van der Waals surface area (Å²) in [6.45, 7) is 3.98. The second-order valence-electron chi connectivity index (χ2n) is 3.81. The fraction of sp³-hybridized carbons (Fsp3) is 0.308. The van der Waals surface area contributed by atoms with Gasteiger partial charge in [-0.25, -0.2) is 4.39 Å². The van der Waals surface area contributed by atoms with Crippen LogP contribution in [-0.2, 0) is 22.7 Å². The average Bonchev–Trinajstić information content (AvgIpc) is 2.36. The third-order valence-corrected chi connectivity index (χ3v) is 2.24. The van der Waals surface area contributed by atoms with Crippen molar-refractivity contribution in [3.63, 3.8) is 0 Å². The van der Waals surface area contributed by atoms with E-state index in [0.717, 1.165) is 5.56 Å². The van der Waals surface area contributed by atoms with Gasteiger partial charge in [0.25, 0.3) is 6.47 Å². The van der Waals surface area contributed by atoms with E-state index < -0.39 is 0 Å². The van der Waals surface area contributed by atoms with Crippen LogP contribution in [0.4, 0.5) is 4.39 Å². The quantitative estimate of drug-likeness (QED) is 0.627. The Morgan fingerprint density at radius 2 is 2.16 bits per heavy atom. The zero-order chi connectivity index (χ0) is 14.8. The van der Waals surface area contributed by atoms with Gasteiger partial charge in [0.2, 0.25) is 0 Å². The zero-order valence-electron chi connectivity index (χ0n) is 11.1. The minimum absolute atomic E-state index is 0.206. The van der Waals surface area contributed by atoms with E-state index in [1.807, 2.05) is 14.1 Å². The molecule has 0 atom stereocenters. The largest absolute Gasteiger partial charge is 0.483 e. The molecule has 0 bridgehead atoms. The Morgan fingerprint density at radius 3 is 2.58 bits per heavy atom. The van der Waals surface area contributed by atoms with Crippen LogP contribution in [-0.4, -0.2) is 30.6 Å². The molecule has 106 valence electrons.